The first-order valence-electron chi connectivity index (χ1n) is 3.73. The second kappa shape index (κ2) is 4.90. The molecule has 1 rings (SSSR count). The molecular weight excluding hydrogens is 223 g/mol. The number of halogens is 2. The van der Waals surface area contributed by atoms with Crippen molar-refractivity contribution in [2.24, 2.45) is 0 Å². The van der Waals surface area contributed by atoms with Crippen molar-refractivity contribution >= 4 is 29.2 Å². The maximum atomic E-state index is 10.8. The highest BCUT2D eigenvalue weighted by molar-refractivity contribution is 6.33. The lowest BCUT2D eigenvalue weighted by atomic mass is 10.1. The molecule has 0 aliphatic carbocycles. The summed E-state index contributed by atoms with van der Waals surface area (Å²) in [4.78, 5) is 10.8. The van der Waals surface area contributed by atoms with Gasteiger partial charge in [0, 0.05) is 5.56 Å². The number of carboxylic acids is 1. The van der Waals surface area contributed by atoms with E-state index in [9.17, 15) is 4.79 Å². The third kappa shape index (κ3) is 2.41. The number of alkyl halides is 1. The lowest BCUT2D eigenvalue weighted by molar-refractivity contribution is 0.0697. The summed E-state index contributed by atoms with van der Waals surface area (Å²) >= 11 is 11.1. The molecule has 4 heteroatoms. The predicted molar refractivity (Wildman–Crippen MR) is 56.0 cm³/mol. The summed E-state index contributed by atoms with van der Waals surface area (Å²) in [5, 5.41) is 9.04. The van der Waals surface area contributed by atoms with Crippen LogP contribution in [-0.4, -0.2) is 17.0 Å². The Morgan fingerprint density at radius 3 is 2.79 bits per heavy atom. The highest BCUT2D eigenvalue weighted by Gasteiger charge is 2.12. The first-order valence-corrected chi connectivity index (χ1v) is 4.64. The summed E-state index contributed by atoms with van der Waals surface area (Å²) in [6.45, 7) is 0. The van der Waals surface area contributed by atoms with Crippen molar-refractivity contribution in [2.75, 3.05) is 5.88 Å². The average molecular weight is 229 g/mol. The largest absolute Gasteiger partial charge is 0.478 e. The number of carbonyl (C=O) groups is 1. The van der Waals surface area contributed by atoms with Crippen LogP contribution in [0.1, 0.15) is 15.9 Å². The minimum absolute atomic E-state index is 0.0202. The Bertz CT molecular complexity index is 416. The summed E-state index contributed by atoms with van der Waals surface area (Å²) in [5.74, 6) is 4.29. The van der Waals surface area contributed by atoms with Crippen molar-refractivity contribution < 1.29 is 9.90 Å². The fraction of sp³-hybridized carbons (Fsp3) is 0.100. The lowest BCUT2D eigenvalue weighted by Gasteiger charge is -2.00. The van der Waals surface area contributed by atoms with Crippen LogP contribution >= 0.6 is 23.2 Å². The van der Waals surface area contributed by atoms with E-state index in [0.717, 1.165) is 0 Å². The zero-order chi connectivity index (χ0) is 10.6. The summed E-state index contributed by atoms with van der Waals surface area (Å²) in [6, 6.07) is 4.75. The Balaban J connectivity index is 3.28. The number of carboxylic acid groups (broad SMARTS) is 1. The number of hydrogen-bond acceptors (Lipinski definition) is 1. The van der Waals surface area contributed by atoms with Crippen molar-refractivity contribution in [3.8, 4) is 11.8 Å². The van der Waals surface area contributed by atoms with Crippen molar-refractivity contribution in [3.63, 3.8) is 0 Å². The van der Waals surface area contributed by atoms with E-state index in [1.54, 1.807) is 12.1 Å². The van der Waals surface area contributed by atoms with E-state index in [2.05, 4.69) is 11.8 Å². The molecule has 1 aromatic rings. The zero-order valence-corrected chi connectivity index (χ0v) is 8.56. The van der Waals surface area contributed by atoms with Crippen LogP contribution in [-0.2, 0) is 0 Å². The van der Waals surface area contributed by atoms with Gasteiger partial charge in [-0.2, -0.15) is 0 Å². The number of aromatic carboxylic acids is 1. The van der Waals surface area contributed by atoms with E-state index in [-0.39, 0.29) is 16.5 Å². The second-order valence-corrected chi connectivity index (χ2v) is 3.08. The molecule has 0 radical (unpaired) electrons. The smallest absolute Gasteiger partial charge is 0.338 e. The number of benzene rings is 1. The molecule has 0 aromatic heterocycles. The van der Waals surface area contributed by atoms with Gasteiger partial charge in [0.15, 0.2) is 0 Å². The second-order valence-electron chi connectivity index (χ2n) is 2.40. The number of hydrogen-bond donors (Lipinski definition) is 1. The van der Waals surface area contributed by atoms with Crippen LogP contribution in [0.15, 0.2) is 18.2 Å². The molecule has 0 saturated carbocycles. The van der Waals surface area contributed by atoms with Gasteiger partial charge in [0.25, 0.3) is 0 Å². The molecule has 0 atom stereocenters. The molecule has 0 aliphatic heterocycles. The van der Waals surface area contributed by atoms with E-state index in [0.29, 0.717) is 5.56 Å². The minimum atomic E-state index is -1.09. The van der Waals surface area contributed by atoms with Gasteiger partial charge in [-0.05, 0) is 12.1 Å². The predicted octanol–water partition coefficient (Wildman–Crippen LogP) is 2.63. The van der Waals surface area contributed by atoms with E-state index >= 15 is 0 Å². The molecule has 0 saturated heterocycles. The van der Waals surface area contributed by atoms with Crippen molar-refractivity contribution in [1.82, 2.24) is 0 Å². The fourth-order valence-electron chi connectivity index (χ4n) is 0.974. The highest BCUT2D eigenvalue weighted by Crippen LogP contribution is 2.19. The monoisotopic (exact) mass is 228 g/mol. The zero-order valence-electron chi connectivity index (χ0n) is 7.05. The van der Waals surface area contributed by atoms with Gasteiger partial charge in [0.2, 0.25) is 0 Å². The van der Waals surface area contributed by atoms with Gasteiger partial charge >= 0.3 is 5.97 Å². The van der Waals surface area contributed by atoms with Crippen LogP contribution in [0.3, 0.4) is 0 Å². The molecule has 0 amide bonds. The molecule has 0 spiro atoms. The van der Waals surface area contributed by atoms with Gasteiger partial charge in [0.1, 0.15) is 0 Å². The summed E-state index contributed by atoms with van der Waals surface area (Å²) in [7, 11) is 0. The Morgan fingerprint density at radius 1 is 1.50 bits per heavy atom. The van der Waals surface area contributed by atoms with E-state index in [4.69, 9.17) is 28.3 Å². The molecule has 0 heterocycles. The van der Waals surface area contributed by atoms with Crippen LogP contribution in [0.2, 0.25) is 5.02 Å². The van der Waals surface area contributed by atoms with Gasteiger partial charge in [-0.3, -0.25) is 0 Å². The first kappa shape index (κ1) is 10.9. The molecule has 72 valence electrons. The van der Waals surface area contributed by atoms with Crippen molar-refractivity contribution in [2.45, 2.75) is 0 Å². The van der Waals surface area contributed by atoms with Crippen molar-refractivity contribution in [1.29, 1.82) is 0 Å². The number of rotatable bonds is 1. The SMILES string of the molecule is O=C(O)c1c(Cl)cccc1C#CCCl. The molecule has 0 fully saturated rings. The van der Waals surface area contributed by atoms with E-state index in [1.165, 1.54) is 6.07 Å². The van der Waals surface area contributed by atoms with Gasteiger partial charge < -0.3 is 5.11 Å². The topological polar surface area (TPSA) is 37.3 Å². The summed E-state index contributed by atoms with van der Waals surface area (Å²) in [6.07, 6.45) is 0. The quantitative estimate of drug-likeness (QED) is 0.593. The maximum absolute atomic E-state index is 10.8. The third-order valence-corrected chi connectivity index (χ3v) is 1.97. The molecule has 1 N–H and O–H groups in total. The molecular formula is C10H6Cl2O2. The highest BCUT2D eigenvalue weighted by atomic mass is 35.5. The lowest BCUT2D eigenvalue weighted by Crippen LogP contribution is -2.00. The third-order valence-electron chi connectivity index (χ3n) is 1.52. The molecule has 0 aliphatic rings. The van der Waals surface area contributed by atoms with Crippen LogP contribution < -0.4 is 0 Å². The van der Waals surface area contributed by atoms with Crippen molar-refractivity contribution in [3.05, 3.63) is 34.3 Å². The van der Waals surface area contributed by atoms with Gasteiger partial charge in [-0.25, -0.2) is 4.79 Å². The molecule has 0 unspecified atom stereocenters. The van der Waals surface area contributed by atoms with Gasteiger partial charge in [-0.1, -0.05) is 29.5 Å². The van der Waals surface area contributed by atoms with Gasteiger partial charge in [-0.15, -0.1) is 11.6 Å². The molecule has 14 heavy (non-hydrogen) atoms. The van der Waals surface area contributed by atoms with Crippen LogP contribution in [0.25, 0.3) is 0 Å². The first-order chi connectivity index (χ1) is 6.66. The minimum Gasteiger partial charge on any atom is -0.478 e. The summed E-state index contributed by atoms with van der Waals surface area (Å²) in [5.41, 5.74) is 0.400. The molecule has 1 aromatic carbocycles. The van der Waals surface area contributed by atoms with Crippen LogP contribution in [0.5, 0.6) is 0 Å². The van der Waals surface area contributed by atoms with Crippen LogP contribution in [0, 0.1) is 11.8 Å². The van der Waals surface area contributed by atoms with E-state index in [1.807, 2.05) is 0 Å². The Kier molecular flexibility index (Phi) is 3.82. The molecule has 2 nitrogen and oxygen atoms in total. The fourth-order valence-corrected chi connectivity index (χ4v) is 1.30. The standard InChI is InChI=1S/C10H6Cl2O2/c11-6-2-4-7-3-1-5-8(12)9(7)10(13)14/h1,3,5H,6H2,(H,13,14). The molecule has 0 bridgehead atoms. The Hall–Kier alpha value is -1.17. The normalized spacial score (nSPS) is 9.00. The van der Waals surface area contributed by atoms with E-state index < -0.39 is 5.97 Å². The maximum Gasteiger partial charge on any atom is 0.338 e. The Labute approximate surface area is 91.5 Å². The Morgan fingerprint density at radius 2 is 2.21 bits per heavy atom. The van der Waals surface area contributed by atoms with Gasteiger partial charge in [0.05, 0.1) is 16.5 Å². The average Bonchev–Trinajstić information content (AvgIpc) is 2.14. The van der Waals surface area contributed by atoms with Crippen LogP contribution in [0.4, 0.5) is 0 Å². The summed E-state index contributed by atoms with van der Waals surface area (Å²) < 4.78 is 0.